The molecular weight excluding hydrogens is 470 g/mol. The van der Waals surface area contributed by atoms with Crippen molar-refractivity contribution in [2.45, 2.75) is 57.4 Å². The van der Waals surface area contributed by atoms with Gasteiger partial charge in [0, 0.05) is 24.9 Å². The fourth-order valence-corrected chi connectivity index (χ4v) is 5.12. The van der Waals surface area contributed by atoms with Crippen molar-refractivity contribution in [1.82, 2.24) is 19.6 Å². The number of nitrogens with two attached hydrogens (primary N) is 1. The van der Waals surface area contributed by atoms with Gasteiger partial charge in [-0.3, -0.25) is 4.98 Å². The van der Waals surface area contributed by atoms with Crippen molar-refractivity contribution >= 4 is 5.52 Å². The van der Waals surface area contributed by atoms with E-state index >= 15 is 8.78 Å². The molecule has 1 aromatic carbocycles. The second-order valence-corrected chi connectivity index (χ2v) is 10.3. The van der Waals surface area contributed by atoms with Crippen molar-refractivity contribution in [3.63, 3.8) is 0 Å². The van der Waals surface area contributed by atoms with Crippen LogP contribution in [0.15, 0.2) is 60.6 Å². The van der Waals surface area contributed by atoms with Gasteiger partial charge in [0.05, 0.1) is 34.5 Å². The molecule has 4 aromatic rings. The highest BCUT2D eigenvalue weighted by Gasteiger charge is 2.26. The zero-order valence-electron chi connectivity index (χ0n) is 21.0. The molecular formula is C29H28F2N6. The topological polar surface area (TPSA) is 92.9 Å². The lowest BCUT2D eigenvalue weighted by Crippen LogP contribution is -2.25. The lowest BCUT2D eigenvalue weighted by atomic mass is 9.80. The number of halogens is 2. The lowest BCUT2D eigenvalue weighted by Gasteiger charge is -2.27. The number of allylic oxidation sites excluding steroid dienone is 1. The van der Waals surface area contributed by atoms with E-state index in [2.05, 4.69) is 34.1 Å². The van der Waals surface area contributed by atoms with Gasteiger partial charge >= 0.3 is 0 Å². The summed E-state index contributed by atoms with van der Waals surface area (Å²) in [6.07, 6.45) is 9.70. The van der Waals surface area contributed by atoms with E-state index in [9.17, 15) is 5.26 Å². The summed E-state index contributed by atoms with van der Waals surface area (Å²) in [5.41, 5.74) is 9.61. The standard InChI is InChI=1S/C29H28F2N6/c1-17-8-18(10-21(33)9-17)23-6-7-34-14-19(23)11-27-35-15-22-4-5-26(36-37(22)27)28-24(30)12-20(13-25(28)31)29(2,3)16-32/h4-7,9,12-15,18,21H,8,10-11,33H2,1-3H3/t18-,21+/m1/s1. The first-order valence-corrected chi connectivity index (χ1v) is 12.3. The van der Waals surface area contributed by atoms with E-state index in [1.807, 2.05) is 12.3 Å². The molecule has 0 amide bonds. The van der Waals surface area contributed by atoms with Crippen LogP contribution in [0, 0.1) is 23.0 Å². The normalized spacial score (nSPS) is 18.0. The van der Waals surface area contributed by atoms with E-state index in [-0.39, 0.29) is 28.8 Å². The fraction of sp³-hybridized carbons (Fsp3) is 0.310. The molecule has 0 spiro atoms. The maximum atomic E-state index is 15.1. The number of rotatable bonds is 5. The average Bonchev–Trinajstić information content (AvgIpc) is 3.25. The number of fused-ring (bicyclic) bond motifs is 1. The summed E-state index contributed by atoms with van der Waals surface area (Å²) in [5.74, 6) is -0.606. The Morgan fingerprint density at radius 2 is 1.92 bits per heavy atom. The molecule has 2 N–H and O–H groups in total. The van der Waals surface area contributed by atoms with Gasteiger partial charge in [0.2, 0.25) is 0 Å². The zero-order valence-corrected chi connectivity index (χ0v) is 21.0. The van der Waals surface area contributed by atoms with E-state index in [0.29, 0.717) is 17.8 Å². The number of nitrogens with zero attached hydrogens (tertiary/aromatic N) is 5. The summed E-state index contributed by atoms with van der Waals surface area (Å²) in [6.45, 7) is 5.34. The summed E-state index contributed by atoms with van der Waals surface area (Å²) in [7, 11) is 0. The van der Waals surface area contributed by atoms with Crippen molar-refractivity contribution in [1.29, 1.82) is 5.26 Å². The Hall–Kier alpha value is -3.96. The molecule has 3 heterocycles. The molecule has 0 aliphatic heterocycles. The van der Waals surface area contributed by atoms with Gasteiger partial charge in [0.1, 0.15) is 17.5 Å². The van der Waals surface area contributed by atoms with Crippen LogP contribution in [0.25, 0.3) is 16.8 Å². The minimum Gasteiger partial charge on any atom is -0.324 e. The summed E-state index contributed by atoms with van der Waals surface area (Å²) in [4.78, 5) is 8.89. The molecule has 1 aliphatic rings. The van der Waals surface area contributed by atoms with Crippen LogP contribution in [-0.2, 0) is 11.8 Å². The number of nitriles is 1. The molecule has 188 valence electrons. The molecule has 0 saturated carbocycles. The predicted octanol–water partition coefficient (Wildman–Crippen LogP) is 5.61. The van der Waals surface area contributed by atoms with Crippen LogP contribution >= 0.6 is 0 Å². The maximum Gasteiger partial charge on any atom is 0.135 e. The largest absolute Gasteiger partial charge is 0.324 e. The summed E-state index contributed by atoms with van der Waals surface area (Å²) >= 11 is 0. The van der Waals surface area contributed by atoms with Crippen LogP contribution < -0.4 is 5.73 Å². The second-order valence-electron chi connectivity index (χ2n) is 10.3. The van der Waals surface area contributed by atoms with Crippen LogP contribution in [-0.4, -0.2) is 25.6 Å². The van der Waals surface area contributed by atoms with Crippen LogP contribution in [0.4, 0.5) is 8.78 Å². The molecule has 0 bridgehead atoms. The first-order chi connectivity index (χ1) is 17.7. The Morgan fingerprint density at radius 3 is 2.62 bits per heavy atom. The molecule has 3 aromatic heterocycles. The Balaban J connectivity index is 1.52. The number of benzene rings is 1. The van der Waals surface area contributed by atoms with E-state index in [4.69, 9.17) is 5.73 Å². The first kappa shape index (κ1) is 24.7. The van der Waals surface area contributed by atoms with Crippen LogP contribution in [0.5, 0.6) is 0 Å². The quantitative estimate of drug-likeness (QED) is 0.361. The predicted molar refractivity (Wildman–Crippen MR) is 138 cm³/mol. The van der Waals surface area contributed by atoms with Crippen LogP contribution in [0.3, 0.4) is 0 Å². The number of pyridine rings is 1. The highest BCUT2D eigenvalue weighted by atomic mass is 19.1. The van der Waals surface area contributed by atoms with Gasteiger partial charge in [-0.15, -0.1) is 0 Å². The highest BCUT2D eigenvalue weighted by molar-refractivity contribution is 5.63. The smallest absolute Gasteiger partial charge is 0.135 e. The molecule has 0 saturated heterocycles. The second kappa shape index (κ2) is 9.49. The van der Waals surface area contributed by atoms with Crippen LogP contribution in [0.1, 0.15) is 62.0 Å². The van der Waals surface area contributed by atoms with Gasteiger partial charge in [-0.05, 0) is 86.6 Å². The minimum absolute atomic E-state index is 0.0196. The third-order valence-electron chi connectivity index (χ3n) is 7.11. The van der Waals surface area contributed by atoms with Gasteiger partial charge in [-0.1, -0.05) is 11.6 Å². The molecule has 1 aliphatic carbocycles. The van der Waals surface area contributed by atoms with E-state index in [1.54, 1.807) is 42.9 Å². The van der Waals surface area contributed by atoms with E-state index in [0.717, 1.165) is 18.4 Å². The fourth-order valence-electron chi connectivity index (χ4n) is 5.12. The molecule has 0 unspecified atom stereocenters. The van der Waals surface area contributed by atoms with Gasteiger partial charge in [0.25, 0.3) is 0 Å². The highest BCUT2D eigenvalue weighted by Crippen LogP contribution is 2.35. The van der Waals surface area contributed by atoms with Crippen molar-refractivity contribution in [2.24, 2.45) is 5.73 Å². The van der Waals surface area contributed by atoms with Gasteiger partial charge in [0.15, 0.2) is 0 Å². The third-order valence-corrected chi connectivity index (χ3v) is 7.11. The van der Waals surface area contributed by atoms with Crippen molar-refractivity contribution in [3.8, 4) is 17.3 Å². The number of imidazole rings is 1. The molecule has 0 fully saturated rings. The summed E-state index contributed by atoms with van der Waals surface area (Å²) in [6, 6.07) is 9.86. The Kier molecular flexibility index (Phi) is 6.34. The first-order valence-electron chi connectivity index (χ1n) is 12.3. The van der Waals surface area contributed by atoms with E-state index < -0.39 is 17.0 Å². The molecule has 8 heteroatoms. The van der Waals surface area contributed by atoms with Crippen molar-refractivity contribution in [3.05, 3.63) is 94.7 Å². The van der Waals surface area contributed by atoms with Crippen molar-refractivity contribution < 1.29 is 8.78 Å². The number of hydrogen-bond acceptors (Lipinski definition) is 5. The molecule has 2 atom stereocenters. The summed E-state index contributed by atoms with van der Waals surface area (Å²) < 4.78 is 31.9. The monoisotopic (exact) mass is 498 g/mol. The zero-order chi connectivity index (χ0) is 26.3. The van der Waals surface area contributed by atoms with Crippen LogP contribution in [0.2, 0.25) is 0 Å². The van der Waals surface area contributed by atoms with E-state index in [1.165, 1.54) is 23.3 Å². The third kappa shape index (κ3) is 4.75. The average molecular weight is 499 g/mol. The SMILES string of the molecule is CC1=C[C@H](N)C[C@H](c2ccncc2Cc2ncc3ccc(-c4c(F)cc(C(C)(C)C#N)cc4F)nn23)C1. The minimum atomic E-state index is -1.02. The lowest BCUT2D eigenvalue weighted by molar-refractivity contribution is 0.541. The molecule has 37 heavy (non-hydrogen) atoms. The number of aromatic nitrogens is 4. The Labute approximate surface area is 214 Å². The Morgan fingerprint density at radius 1 is 1.16 bits per heavy atom. The molecule has 6 nitrogen and oxygen atoms in total. The number of hydrogen-bond donors (Lipinski definition) is 1. The molecule has 5 rings (SSSR count). The molecule has 0 radical (unpaired) electrons. The Bertz CT molecular complexity index is 1540. The van der Waals surface area contributed by atoms with Crippen molar-refractivity contribution in [2.75, 3.05) is 0 Å². The maximum absolute atomic E-state index is 15.1. The van der Waals surface area contributed by atoms with Gasteiger partial charge < -0.3 is 5.73 Å². The van der Waals surface area contributed by atoms with Gasteiger partial charge in [-0.2, -0.15) is 10.4 Å². The summed E-state index contributed by atoms with van der Waals surface area (Å²) in [5, 5.41) is 13.9. The van der Waals surface area contributed by atoms with Gasteiger partial charge in [-0.25, -0.2) is 18.3 Å².